The summed E-state index contributed by atoms with van der Waals surface area (Å²) in [4.78, 5) is 27.7. The predicted molar refractivity (Wildman–Crippen MR) is 165 cm³/mol. The molecule has 1 aromatic carbocycles. The second kappa shape index (κ2) is 10.1. The Morgan fingerprint density at radius 1 is 0.927 bits per heavy atom. The number of allylic oxidation sites excluding steroid dienone is 3. The van der Waals surface area contributed by atoms with Gasteiger partial charge in [-0.15, -0.1) is 0 Å². The van der Waals surface area contributed by atoms with Gasteiger partial charge in [0.25, 0.3) is 0 Å². The van der Waals surface area contributed by atoms with E-state index in [2.05, 4.69) is 47.3 Å². The van der Waals surface area contributed by atoms with Gasteiger partial charge < -0.3 is 4.74 Å². The summed E-state index contributed by atoms with van der Waals surface area (Å²) in [7, 11) is 0. The molecular weight excluding hydrogens is 528 g/mol. The van der Waals surface area contributed by atoms with E-state index in [1.807, 2.05) is 30.3 Å². The summed E-state index contributed by atoms with van der Waals surface area (Å²) in [5.74, 6) is 1.69. The maximum absolute atomic E-state index is 14.4. The third kappa shape index (κ3) is 4.50. The smallest absolute Gasteiger partial charge is 0.309 e. The summed E-state index contributed by atoms with van der Waals surface area (Å²) in [5.41, 5.74) is 2.51. The number of halogens is 1. The molecule has 1 aromatic rings. The molecule has 5 aliphatic rings. The SMILES string of the molecule is C=C(Cl)C1CCC2(C)C(CCC3(C)C4CCC5(C)CCC(C(=O)OCc6ccccc6)CC5C4=CC(=O)C32)C1(C)C. The Hall–Kier alpha value is -1.87. The van der Waals surface area contributed by atoms with E-state index in [9.17, 15) is 9.59 Å². The van der Waals surface area contributed by atoms with Crippen molar-refractivity contribution in [2.45, 2.75) is 99.0 Å². The van der Waals surface area contributed by atoms with Crippen LogP contribution in [0.15, 0.2) is 53.6 Å². The number of benzene rings is 1. The van der Waals surface area contributed by atoms with Gasteiger partial charge in [-0.25, -0.2) is 0 Å². The van der Waals surface area contributed by atoms with Crippen molar-refractivity contribution in [2.75, 3.05) is 0 Å². The lowest BCUT2D eigenvalue weighted by Gasteiger charge is -2.67. The van der Waals surface area contributed by atoms with Crippen LogP contribution in [0.3, 0.4) is 0 Å². The standard InChI is InChI=1S/C37H49ClO3/c1-23(38)27-14-18-37(6)31(34(27,2)3)15-19-36(5)28-13-17-35(4)16-12-25(20-29(35)26(28)21-30(39)32(36)37)33(40)41-22-24-10-8-7-9-11-24/h7-11,21,25,27-29,31-32H,1,12-20,22H2,2-6H3. The van der Waals surface area contributed by atoms with Crippen LogP contribution in [0.1, 0.15) is 98.0 Å². The first-order chi connectivity index (χ1) is 19.3. The second-order valence-electron chi connectivity index (χ2n) is 15.8. The minimum atomic E-state index is -0.0925. The molecule has 4 fully saturated rings. The maximum atomic E-state index is 14.4. The highest BCUT2D eigenvalue weighted by atomic mass is 35.5. The molecular formula is C37H49ClO3. The molecule has 0 bridgehead atoms. The van der Waals surface area contributed by atoms with Crippen LogP contribution in [0, 0.1) is 57.2 Å². The van der Waals surface area contributed by atoms with Crippen LogP contribution < -0.4 is 0 Å². The van der Waals surface area contributed by atoms with Gasteiger partial charge in [-0.3, -0.25) is 9.59 Å². The van der Waals surface area contributed by atoms with Gasteiger partial charge in [-0.2, -0.15) is 0 Å². The van der Waals surface area contributed by atoms with E-state index in [-0.39, 0.29) is 45.4 Å². The van der Waals surface area contributed by atoms with Gasteiger partial charge in [0.2, 0.25) is 0 Å². The zero-order valence-corrected chi connectivity index (χ0v) is 26.6. The lowest BCUT2D eigenvalue weighted by atomic mass is 9.36. The highest BCUT2D eigenvalue weighted by molar-refractivity contribution is 6.29. The van der Waals surface area contributed by atoms with E-state index in [0.717, 1.165) is 62.0 Å². The predicted octanol–water partition coefficient (Wildman–Crippen LogP) is 9.30. The fourth-order valence-corrected chi connectivity index (χ4v) is 11.8. The molecule has 0 aliphatic heterocycles. The van der Waals surface area contributed by atoms with Crippen molar-refractivity contribution in [1.82, 2.24) is 0 Å². The van der Waals surface area contributed by atoms with Gasteiger partial charge in [0, 0.05) is 11.0 Å². The first-order valence-corrected chi connectivity index (χ1v) is 16.5. The fourth-order valence-electron chi connectivity index (χ4n) is 11.4. The number of esters is 1. The Morgan fingerprint density at radius 2 is 1.61 bits per heavy atom. The van der Waals surface area contributed by atoms with Crippen molar-refractivity contribution < 1.29 is 14.3 Å². The topological polar surface area (TPSA) is 43.4 Å². The van der Waals surface area contributed by atoms with Gasteiger partial charge >= 0.3 is 5.97 Å². The molecule has 0 heterocycles. The Labute approximate surface area is 252 Å². The molecule has 0 spiro atoms. The van der Waals surface area contributed by atoms with E-state index in [0.29, 0.717) is 30.1 Å². The molecule has 4 saturated carbocycles. The number of hydrogen-bond donors (Lipinski definition) is 0. The molecule has 0 saturated heterocycles. The molecule has 6 rings (SSSR count). The number of fused-ring (bicyclic) bond motifs is 7. The molecule has 222 valence electrons. The number of carbonyl (C=O) groups excluding carboxylic acids is 2. The van der Waals surface area contributed by atoms with E-state index < -0.39 is 0 Å². The monoisotopic (exact) mass is 576 g/mol. The number of ketones is 1. The number of rotatable bonds is 4. The molecule has 0 amide bonds. The minimum Gasteiger partial charge on any atom is -0.461 e. The van der Waals surface area contributed by atoms with Crippen molar-refractivity contribution in [1.29, 1.82) is 0 Å². The lowest BCUT2D eigenvalue weighted by Crippen LogP contribution is -2.63. The van der Waals surface area contributed by atoms with Crippen LogP contribution in [-0.2, 0) is 20.9 Å². The second-order valence-corrected chi connectivity index (χ2v) is 16.3. The Balaban J connectivity index is 1.27. The summed E-state index contributed by atoms with van der Waals surface area (Å²) in [6, 6.07) is 9.94. The normalized spacial score (nSPS) is 43.0. The van der Waals surface area contributed by atoms with E-state index in [4.69, 9.17) is 16.3 Å². The van der Waals surface area contributed by atoms with Gasteiger partial charge in [0.1, 0.15) is 6.61 Å². The zero-order chi connectivity index (χ0) is 29.4. The molecule has 0 aromatic heterocycles. The summed E-state index contributed by atoms with van der Waals surface area (Å²) in [6.07, 6.45) is 11.4. The van der Waals surface area contributed by atoms with Crippen molar-refractivity contribution in [3.63, 3.8) is 0 Å². The lowest BCUT2D eigenvalue weighted by molar-refractivity contribution is -0.174. The quantitative estimate of drug-likeness (QED) is 0.335. The highest BCUT2D eigenvalue weighted by Crippen LogP contribution is 2.72. The van der Waals surface area contributed by atoms with E-state index >= 15 is 0 Å². The van der Waals surface area contributed by atoms with Crippen LogP contribution in [0.2, 0.25) is 0 Å². The van der Waals surface area contributed by atoms with Crippen LogP contribution in [0.25, 0.3) is 0 Å². The number of ether oxygens (including phenoxy) is 1. The molecule has 0 radical (unpaired) electrons. The van der Waals surface area contributed by atoms with Crippen molar-refractivity contribution in [3.05, 3.63) is 59.2 Å². The molecule has 9 unspecified atom stereocenters. The average Bonchev–Trinajstić information content (AvgIpc) is 2.90. The summed E-state index contributed by atoms with van der Waals surface area (Å²) in [6.45, 7) is 16.5. The maximum Gasteiger partial charge on any atom is 0.309 e. The summed E-state index contributed by atoms with van der Waals surface area (Å²) < 4.78 is 5.82. The number of carbonyl (C=O) groups is 2. The average molecular weight is 577 g/mol. The van der Waals surface area contributed by atoms with E-state index in [1.165, 1.54) is 12.0 Å². The molecule has 9 atom stereocenters. The fraction of sp³-hybridized carbons (Fsp3) is 0.676. The number of hydrogen-bond acceptors (Lipinski definition) is 3. The Kier molecular flexibility index (Phi) is 7.20. The molecule has 5 aliphatic carbocycles. The Morgan fingerprint density at radius 3 is 2.32 bits per heavy atom. The first kappa shape index (κ1) is 29.2. The van der Waals surface area contributed by atoms with Crippen LogP contribution >= 0.6 is 11.6 Å². The first-order valence-electron chi connectivity index (χ1n) is 16.1. The Bertz CT molecular complexity index is 1260. The van der Waals surface area contributed by atoms with E-state index in [1.54, 1.807) is 0 Å². The molecule has 3 nitrogen and oxygen atoms in total. The van der Waals surface area contributed by atoms with Crippen LogP contribution in [-0.4, -0.2) is 11.8 Å². The van der Waals surface area contributed by atoms with Crippen LogP contribution in [0.4, 0.5) is 0 Å². The highest BCUT2D eigenvalue weighted by Gasteiger charge is 2.66. The van der Waals surface area contributed by atoms with Gasteiger partial charge in [-0.1, -0.05) is 88.7 Å². The van der Waals surface area contributed by atoms with Crippen molar-refractivity contribution in [2.24, 2.45) is 57.2 Å². The third-order valence-electron chi connectivity index (χ3n) is 13.4. The van der Waals surface area contributed by atoms with Gasteiger partial charge in [-0.05, 0) is 115 Å². The van der Waals surface area contributed by atoms with Gasteiger partial charge in [0.05, 0.1) is 5.92 Å². The largest absolute Gasteiger partial charge is 0.461 e. The molecule has 0 N–H and O–H groups in total. The van der Waals surface area contributed by atoms with Crippen LogP contribution in [0.5, 0.6) is 0 Å². The molecule has 4 heteroatoms. The van der Waals surface area contributed by atoms with Gasteiger partial charge in [0.15, 0.2) is 5.78 Å². The summed E-state index contributed by atoms with van der Waals surface area (Å²) in [5, 5.41) is 0.781. The van der Waals surface area contributed by atoms with Crippen molar-refractivity contribution >= 4 is 23.4 Å². The molecule has 41 heavy (non-hydrogen) atoms. The zero-order valence-electron chi connectivity index (χ0n) is 25.8. The van der Waals surface area contributed by atoms with Crippen molar-refractivity contribution in [3.8, 4) is 0 Å². The summed E-state index contributed by atoms with van der Waals surface area (Å²) >= 11 is 6.56. The minimum absolute atomic E-state index is 0.0271. The third-order valence-corrected chi connectivity index (χ3v) is 13.7.